The molecule has 1 aromatic rings. The van der Waals surface area contributed by atoms with Gasteiger partial charge in [0.2, 0.25) is 5.91 Å². The second-order valence-electron chi connectivity index (χ2n) is 7.20. The Balaban J connectivity index is 1.82. The van der Waals surface area contributed by atoms with Crippen LogP contribution in [0.1, 0.15) is 31.4 Å². The molecule has 1 saturated carbocycles. The minimum absolute atomic E-state index is 0.0422. The van der Waals surface area contributed by atoms with E-state index in [0.717, 1.165) is 0 Å². The van der Waals surface area contributed by atoms with E-state index in [0.29, 0.717) is 0 Å². The lowest BCUT2D eigenvalue weighted by Gasteiger charge is -2.43. The lowest BCUT2D eigenvalue weighted by molar-refractivity contribution is -0.206. The van der Waals surface area contributed by atoms with Crippen molar-refractivity contribution in [2.75, 3.05) is 13.1 Å². The Bertz CT molecular complexity index is 768. The normalized spacial score (nSPS) is 26.3. The minimum Gasteiger partial charge on any atom is -0.353 e. The highest BCUT2D eigenvalue weighted by atomic mass is 35.5. The molecule has 154 valence electrons. The van der Waals surface area contributed by atoms with Crippen molar-refractivity contribution in [1.29, 1.82) is 0 Å². The van der Waals surface area contributed by atoms with E-state index in [1.54, 1.807) is 6.92 Å². The van der Waals surface area contributed by atoms with E-state index in [1.165, 1.54) is 23.1 Å². The van der Waals surface area contributed by atoms with Gasteiger partial charge in [0.25, 0.3) is 0 Å². The lowest BCUT2D eigenvalue weighted by Crippen LogP contribution is -2.59. The zero-order valence-corrected chi connectivity index (χ0v) is 15.8. The van der Waals surface area contributed by atoms with Crippen LogP contribution in [0.25, 0.3) is 0 Å². The molecule has 1 aromatic carbocycles. The van der Waals surface area contributed by atoms with Crippen molar-refractivity contribution in [2.45, 2.75) is 38.0 Å². The van der Waals surface area contributed by atoms with E-state index in [4.69, 9.17) is 11.6 Å². The summed E-state index contributed by atoms with van der Waals surface area (Å²) in [5, 5.41) is 5.09. The molecule has 0 unspecified atom stereocenters. The van der Waals surface area contributed by atoms with Gasteiger partial charge < -0.3 is 15.5 Å². The molecule has 0 bridgehead atoms. The summed E-state index contributed by atoms with van der Waals surface area (Å²) >= 11 is 5.82. The summed E-state index contributed by atoms with van der Waals surface area (Å²) in [5.41, 5.74) is 0.0422. The van der Waals surface area contributed by atoms with Gasteiger partial charge in [0.15, 0.2) is 0 Å². The molecule has 1 aliphatic heterocycles. The van der Waals surface area contributed by atoms with Gasteiger partial charge in [-0.1, -0.05) is 23.7 Å². The van der Waals surface area contributed by atoms with E-state index in [2.05, 4.69) is 10.6 Å². The first kappa shape index (κ1) is 20.7. The van der Waals surface area contributed by atoms with Crippen molar-refractivity contribution in [3.05, 3.63) is 34.6 Å². The molecule has 0 radical (unpaired) electrons. The number of hydrogen-bond donors (Lipinski definition) is 2. The lowest BCUT2D eigenvalue weighted by atomic mass is 9.69. The number of nitrogens with one attached hydrogen (secondary N) is 2. The largest absolute Gasteiger partial charge is 0.391 e. The second kappa shape index (κ2) is 7.77. The first-order valence-corrected chi connectivity index (χ1v) is 9.33. The number of carbonyl (C=O) groups is 2. The van der Waals surface area contributed by atoms with Gasteiger partial charge in [-0.15, -0.1) is 0 Å². The van der Waals surface area contributed by atoms with E-state index in [9.17, 15) is 27.2 Å². The van der Waals surface area contributed by atoms with Crippen LogP contribution in [0.3, 0.4) is 0 Å². The van der Waals surface area contributed by atoms with Crippen molar-refractivity contribution in [2.24, 2.45) is 11.8 Å². The SMILES string of the molecule is C[C@@H]1C(=O)NCCN1C(=O)N[C@@H](c1cccc(Cl)c1F)[C@H]1C[C@H](C(F)(F)F)C1. The molecular weight excluding hydrogens is 402 g/mol. The number of alkyl halides is 3. The summed E-state index contributed by atoms with van der Waals surface area (Å²) in [6.07, 6.45) is -4.75. The van der Waals surface area contributed by atoms with Crippen molar-refractivity contribution in [3.8, 4) is 0 Å². The highest BCUT2D eigenvalue weighted by Gasteiger charge is 2.51. The Morgan fingerprint density at radius 1 is 1.36 bits per heavy atom. The summed E-state index contributed by atoms with van der Waals surface area (Å²) in [4.78, 5) is 25.8. The van der Waals surface area contributed by atoms with E-state index in [-0.39, 0.29) is 42.4 Å². The maximum absolute atomic E-state index is 14.6. The first-order chi connectivity index (χ1) is 13.1. The fourth-order valence-electron chi connectivity index (χ4n) is 3.69. The third-order valence-electron chi connectivity index (χ3n) is 5.46. The standard InChI is InChI=1S/C18H20ClF4N3O2/c1-9-16(27)24-5-6-26(9)17(28)25-15(10-7-11(8-10)18(21,22)23)12-3-2-4-13(19)14(12)20/h2-4,9-11,15H,5-8H2,1H3,(H,24,27)(H,25,28)/t9-,10-,11-,15-/m1/s1. The highest BCUT2D eigenvalue weighted by molar-refractivity contribution is 6.30. The van der Waals surface area contributed by atoms with Crippen LogP contribution in [0.4, 0.5) is 22.4 Å². The molecule has 5 nitrogen and oxygen atoms in total. The van der Waals surface area contributed by atoms with Gasteiger partial charge in [-0.25, -0.2) is 9.18 Å². The van der Waals surface area contributed by atoms with Crippen LogP contribution >= 0.6 is 11.6 Å². The van der Waals surface area contributed by atoms with Crippen LogP contribution in [0.2, 0.25) is 5.02 Å². The third-order valence-corrected chi connectivity index (χ3v) is 5.76. The number of benzene rings is 1. The van der Waals surface area contributed by atoms with Gasteiger partial charge in [0, 0.05) is 18.7 Å². The third kappa shape index (κ3) is 4.04. The topological polar surface area (TPSA) is 61.4 Å². The Kier molecular flexibility index (Phi) is 5.74. The van der Waals surface area contributed by atoms with Crippen molar-refractivity contribution in [3.63, 3.8) is 0 Å². The number of halogens is 5. The summed E-state index contributed by atoms with van der Waals surface area (Å²) in [5.74, 6) is -3.15. The number of piperazine rings is 1. The van der Waals surface area contributed by atoms with Crippen LogP contribution in [-0.4, -0.2) is 42.1 Å². The number of carbonyl (C=O) groups excluding carboxylic acids is 2. The summed E-state index contributed by atoms with van der Waals surface area (Å²) in [6.45, 7) is 2.07. The van der Waals surface area contributed by atoms with Gasteiger partial charge >= 0.3 is 12.2 Å². The van der Waals surface area contributed by atoms with Crippen LogP contribution in [0.15, 0.2) is 18.2 Å². The van der Waals surface area contributed by atoms with Crippen LogP contribution in [0, 0.1) is 17.7 Å². The monoisotopic (exact) mass is 421 g/mol. The van der Waals surface area contributed by atoms with Gasteiger partial charge in [-0.2, -0.15) is 13.2 Å². The number of nitrogens with zero attached hydrogens (tertiary/aromatic N) is 1. The van der Waals surface area contributed by atoms with Gasteiger partial charge in [0.1, 0.15) is 11.9 Å². The molecular formula is C18H20ClF4N3O2. The zero-order valence-electron chi connectivity index (χ0n) is 15.0. The summed E-state index contributed by atoms with van der Waals surface area (Å²) in [6, 6.07) is 1.89. The zero-order chi connectivity index (χ0) is 20.6. The van der Waals surface area contributed by atoms with Crippen LogP contribution in [0.5, 0.6) is 0 Å². The Labute approximate surface area is 164 Å². The van der Waals surface area contributed by atoms with E-state index >= 15 is 0 Å². The minimum atomic E-state index is -4.32. The highest BCUT2D eigenvalue weighted by Crippen LogP contribution is 2.50. The molecule has 28 heavy (non-hydrogen) atoms. The smallest absolute Gasteiger partial charge is 0.353 e. The first-order valence-electron chi connectivity index (χ1n) is 8.95. The maximum atomic E-state index is 14.6. The molecule has 2 fully saturated rings. The molecule has 3 rings (SSSR count). The molecule has 2 aliphatic rings. The van der Waals surface area contributed by atoms with Crippen molar-refractivity contribution < 1.29 is 27.2 Å². The molecule has 2 atom stereocenters. The molecule has 1 saturated heterocycles. The van der Waals surface area contributed by atoms with Crippen molar-refractivity contribution >= 4 is 23.5 Å². The molecule has 10 heteroatoms. The van der Waals surface area contributed by atoms with Gasteiger partial charge in [0.05, 0.1) is 17.0 Å². The average molecular weight is 422 g/mol. The van der Waals surface area contributed by atoms with E-state index in [1.807, 2.05) is 0 Å². The summed E-state index contributed by atoms with van der Waals surface area (Å²) < 4.78 is 53.2. The molecule has 2 N–H and O–H groups in total. The van der Waals surface area contributed by atoms with Crippen LogP contribution in [-0.2, 0) is 4.79 Å². The van der Waals surface area contributed by atoms with Gasteiger partial charge in [-0.3, -0.25) is 4.79 Å². The van der Waals surface area contributed by atoms with Crippen LogP contribution < -0.4 is 10.6 Å². The average Bonchev–Trinajstić information content (AvgIpc) is 2.56. The molecule has 0 spiro atoms. The summed E-state index contributed by atoms with van der Waals surface area (Å²) in [7, 11) is 0. The van der Waals surface area contributed by atoms with Crippen molar-refractivity contribution in [1.82, 2.24) is 15.5 Å². The quantitative estimate of drug-likeness (QED) is 0.732. The van der Waals surface area contributed by atoms with Gasteiger partial charge in [-0.05, 0) is 31.7 Å². The fourth-order valence-corrected chi connectivity index (χ4v) is 3.87. The fraction of sp³-hybridized carbons (Fsp3) is 0.556. The Morgan fingerprint density at radius 3 is 2.68 bits per heavy atom. The molecule has 3 amide bonds. The molecule has 0 aromatic heterocycles. The number of amides is 3. The maximum Gasteiger partial charge on any atom is 0.391 e. The molecule has 1 heterocycles. The number of hydrogen-bond acceptors (Lipinski definition) is 2. The van der Waals surface area contributed by atoms with E-state index < -0.39 is 41.9 Å². The Hall–Kier alpha value is -2.03. The molecule has 1 aliphatic carbocycles. The number of urea groups is 1. The predicted octanol–water partition coefficient (Wildman–Crippen LogP) is 3.64. The second-order valence-corrected chi connectivity index (χ2v) is 7.61. The number of rotatable bonds is 3. The Morgan fingerprint density at radius 2 is 2.04 bits per heavy atom. The predicted molar refractivity (Wildman–Crippen MR) is 94.1 cm³/mol.